The Morgan fingerprint density at radius 3 is 1.86 bits per heavy atom. The molecule has 2 amide bonds. The number of carbonyl (C=O) groups is 3. The first-order valence-electron chi connectivity index (χ1n) is 12.1. The number of carboxylic acids is 1. The molecule has 2 aromatic rings. The van der Waals surface area contributed by atoms with Crippen LogP contribution >= 0.6 is 0 Å². The molecule has 7 heteroatoms. The third-order valence-corrected chi connectivity index (χ3v) is 6.86. The third-order valence-electron chi connectivity index (χ3n) is 6.86. The van der Waals surface area contributed by atoms with Crippen LogP contribution in [0.5, 0.6) is 0 Å². The van der Waals surface area contributed by atoms with Gasteiger partial charge >= 0.3 is 12.1 Å². The molecule has 0 radical (unpaired) electrons. The van der Waals surface area contributed by atoms with Crippen molar-refractivity contribution in [3.8, 4) is 11.1 Å². The van der Waals surface area contributed by atoms with E-state index in [0.717, 1.165) is 22.3 Å². The van der Waals surface area contributed by atoms with Crippen LogP contribution in [-0.2, 0) is 14.3 Å². The number of fused-ring (bicyclic) bond motifs is 3. The number of benzene rings is 2. The Labute approximate surface area is 207 Å². The lowest BCUT2D eigenvalue weighted by Crippen LogP contribution is -2.58. The molecule has 2 atom stereocenters. The molecule has 0 bridgehead atoms. The van der Waals surface area contributed by atoms with Crippen LogP contribution in [0.3, 0.4) is 0 Å². The van der Waals surface area contributed by atoms with Crippen molar-refractivity contribution >= 4 is 18.0 Å². The molecule has 1 unspecified atom stereocenters. The minimum atomic E-state index is -1.17. The monoisotopic (exact) mass is 480 g/mol. The van der Waals surface area contributed by atoms with Crippen molar-refractivity contribution in [2.75, 3.05) is 6.61 Å². The molecule has 2 aromatic carbocycles. The lowest BCUT2D eigenvalue weighted by molar-refractivity contribution is -0.150. The second-order valence-corrected chi connectivity index (χ2v) is 10.4. The first kappa shape index (κ1) is 26.3. The second kappa shape index (κ2) is 10.5. The van der Waals surface area contributed by atoms with E-state index in [1.807, 2.05) is 64.1 Å². The molecular weight excluding hydrogens is 444 g/mol. The van der Waals surface area contributed by atoms with Gasteiger partial charge in [-0.15, -0.1) is 0 Å². The summed E-state index contributed by atoms with van der Waals surface area (Å²) in [5, 5.41) is 15.2. The van der Waals surface area contributed by atoms with E-state index < -0.39 is 35.5 Å². The predicted octanol–water partition coefficient (Wildman–Crippen LogP) is 4.80. The van der Waals surface area contributed by atoms with E-state index in [1.54, 1.807) is 13.8 Å². The van der Waals surface area contributed by atoms with Crippen LogP contribution in [0.4, 0.5) is 4.79 Å². The van der Waals surface area contributed by atoms with E-state index in [9.17, 15) is 19.5 Å². The first-order valence-corrected chi connectivity index (χ1v) is 12.1. The molecule has 3 rings (SSSR count). The maximum Gasteiger partial charge on any atom is 0.407 e. The van der Waals surface area contributed by atoms with E-state index in [4.69, 9.17) is 4.74 Å². The molecule has 1 aliphatic carbocycles. The average molecular weight is 481 g/mol. The molecule has 0 aromatic heterocycles. The van der Waals surface area contributed by atoms with Gasteiger partial charge in [0.1, 0.15) is 12.6 Å². The first-order chi connectivity index (χ1) is 16.4. The number of nitrogens with one attached hydrogen (secondary N) is 2. The number of hydrogen-bond acceptors (Lipinski definition) is 4. The molecule has 0 spiro atoms. The van der Waals surface area contributed by atoms with Crippen molar-refractivity contribution in [2.24, 2.45) is 17.3 Å². The van der Waals surface area contributed by atoms with Crippen LogP contribution < -0.4 is 10.6 Å². The van der Waals surface area contributed by atoms with Gasteiger partial charge in [-0.1, -0.05) is 76.2 Å². The number of rotatable bonds is 9. The van der Waals surface area contributed by atoms with Gasteiger partial charge in [0.25, 0.3) is 0 Å². The number of amides is 2. The van der Waals surface area contributed by atoms with Crippen molar-refractivity contribution in [3.05, 3.63) is 59.7 Å². The zero-order valence-electron chi connectivity index (χ0n) is 21.3. The predicted molar refractivity (Wildman–Crippen MR) is 135 cm³/mol. The molecule has 3 N–H and O–H groups in total. The van der Waals surface area contributed by atoms with E-state index in [2.05, 4.69) is 22.8 Å². The fourth-order valence-electron chi connectivity index (χ4n) is 4.86. The summed E-state index contributed by atoms with van der Waals surface area (Å²) in [7, 11) is 0. The Balaban J connectivity index is 1.69. The van der Waals surface area contributed by atoms with Crippen molar-refractivity contribution in [1.29, 1.82) is 0 Å². The maximum absolute atomic E-state index is 13.1. The van der Waals surface area contributed by atoms with Gasteiger partial charge in [-0.05, 0) is 47.9 Å². The molecule has 1 aliphatic rings. The summed E-state index contributed by atoms with van der Waals surface area (Å²) in [5.41, 5.74) is 3.31. The molecule has 7 nitrogen and oxygen atoms in total. The van der Waals surface area contributed by atoms with Crippen molar-refractivity contribution in [3.63, 3.8) is 0 Å². The van der Waals surface area contributed by atoms with Gasteiger partial charge in [0, 0.05) is 12.0 Å². The highest BCUT2D eigenvalue weighted by Gasteiger charge is 2.41. The number of hydrogen-bond donors (Lipinski definition) is 3. The quantitative estimate of drug-likeness (QED) is 0.478. The van der Waals surface area contributed by atoms with E-state index in [-0.39, 0.29) is 24.4 Å². The minimum Gasteiger partial charge on any atom is -0.481 e. The normalized spacial score (nSPS) is 14.7. The fraction of sp³-hybridized carbons (Fsp3) is 0.464. The van der Waals surface area contributed by atoms with Crippen molar-refractivity contribution in [2.45, 2.75) is 59.5 Å². The molecule has 35 heavy (non-hydrogen) atoms. The van der Waals surface area contributed by atoms with Gasteiger partial charge in [0.05, 0.1) is 5.41 Å². The number of carboxylic acid groups (broad SMARTS) is 1. The molecule has 0 fully saturated rings. The summed E-state index contributed by atoms with van der Waals surface area (Å²) in [5.74, 6) is -1.85. The van der Waals surface area contributed by atoms with Crippen LogP contribution in [0.2, 0.25) is 0 Å². The summed E-state index contributed by atoms with van der Waals surface area (Å²) < 4.78 is 5.60. The Bertz CT molecular complexity index is 1050. The number of alkyl carbamates (subject to hydrolysis) is 1. The third kappa shape index (κ3) is 5.50. The Morgan fingerprint density at radius 2 is 1.40 bits per heavy atom. The Hall–Kier alpha value is -3.35. The highest BCUT2D eigenvalue weighted by Crippen LogP contribution is 2.44. The van der Waals surface area contributed by atoms with Crippen molar-refractivity contribution < 1.29 is 24.2 Å². The molecule has 0 saturated carbocycles. The van der Waals surface area contributed by atoms with E-state index >= 15 is 0 Å². The largest absolute Gasteiger partial charge is 0.481 e. The highest BCUT2D eigenvalue weighted by atomic mass is 16.5. The van der Waals surface area contributed by atoms with Gasteiger partial charge < -0.3 is 20.5 Å². The van der Waals surface area contributed by atoms with Crippen LogP contribution in [0.1, 0.15) is 58.6 Å². The standard InChI is InChI=1S/C28H36N2O5/c1-16(2)23(25(31)30-24(17(3)4)28(5,6)26(32)33)29-27(34)35-15-22-20-13-9-7-11-18(20)19-12-8-10-14-21(19)22/h7-14,16-17,22-24H,15H2,1-6H3,(H,29,34)(H,30,31)(H,32,33)/t23-,24?/m1/s1. The van der Waals surface area contributed by atoms with E-state index in [0.29, 0.717) is 0 Å². The summed E-state index contributed by atoms with van der Waals surface area (Å²) in [6.07, 6.45) is -0.681. The minimum absolute atomic E-state index is 0.0823. The van der Waals surface area contributed by atoms with Crippen LogP contribution in [0.15, 0.2) is 48.5 Å². The lowest BCUT2D eigenvalue weighted by atomic mass is 9.78. The number of aliphatic carboxylic acids is 1. The number of carbonyl (C=O) groups excluding carboxylic acids is 2. The van der Waals surface area contributed by atoms with Crippen LogP contribution in [-0.4, -0.2) is 41.8 Å². The SMILES string of the molecule is CC(C)C(NC(=O)[C@H](NC(=O)OCC1c2ccccc2-c2ccccc21)C(C)C)C(C)(C)C(=O)O. The summed E-state index contributed by atoms with van der Waals surface area (Å²) in [6.45, 7) is 10.7. The summed E-state index contributed by atoms with van der Waals surface area (Å²) in [4.78, 5) is 37.7. The summed E-state index contributed by atoms with van der Waals surface area (Å²) in [6, 6.07) is 14.7. The van der Waals surface area contributed by atoms with Gasteiger partial charge in [0.15, 0.2) is 0 Å². The smallest absolute Gasteiger partial charge is 0.407 e. The van der Waals surface area contributed by atoms with Gasteiger partial charge in [-0.25, -0.2) is 4.79 Å². The molecule has 188 valence electrons. The topological polar surface area (TPSA) is 105 Å². The van der Waals surface area contributed by atoms with Crippen LogP contribution in [0.25, 0.3) is 11.1 Å². The second-order valence-electron chi connectivity index (χ2n) is 10.4. The Morgan fingerprint density at radius 1 is 0.886 bits per heavy atom. The fourth-order valence-corrected chi connectivity index (χ4v) is 4.86. The average Bonchev–Trinajstić information content (AvgIpc) is 3.12. The van der Waals surface area contributed by atoms with Crippen molar-refractivity contribution in [1.82, 2.24) is 10.6 Å². The molecule has 0 heterocycles. The van der Waals surface area contributed by atoms with Gasteiger partial charge in [-0.3, -0.25) is 9.59 Å². The van der Waals surface area contributed by atoms with Gasteiger partial charge in [0.2, 0.25) is 5.91 Å². The van der Waals surface area contributed by atoms with Crippen LogP contribution in [0, 0.1) is 17.3 Å². The zero-order chi connectivity index (χ0) is 25.9. The lowest BCUT2D eigenvalue weighted by Gasteiger charge is -2.35. The Kier molecular flexibility index (Phi) is 7.88. The highest BCUT2D eigenvalue weighted by molar-refractivity contribution is 5.87. The number of ether oxygens (including phenoxy) is 1. The molecule has 0 aliphatic heterocycles. The zero-order valence-corrected chi connectivity index (χ0v) is 21.3. The molecular formula is C28H36N2O5. The van der Waals surface area contributed by atoms with E-state index in [1.165, 1.54) is 0 Å². The van der Waals surface area contributed by atoms with Gasteiger partial charge in [-0.2, -0.15) is 0 Å². The maximum atomic E-state index is 13.1. The molecule has 0 saturated heterocycles. The summed E-state index contributed by atoms with van der Waals surface area (Å²) >= 11 is 0.